The van der Waals surface area contributed by atoms with Crippen LogP contribution in [0.15, 0.2) is 71.3 Å². The van der Waals surface area contributed by atoms with Crippen LogP contribution >= 0.6 is 0 Å². The maximum Gasteiger partial charge on any atom is 0.407 e. The number of nitrogens with one attached hydrogen (secondary N) is 1. The van der Waals surface area contributed by atoms with E-state index in [9.17, 15) is 9.90 Å². The maximum atomic E-state index is 12.0. The molecule has 132 valence electrons. The Morgan fingerprint density at radius 1 is 1.04 bits per heavy atom. The number of rotatable bonds is 5. The molecule has 5 nitrogen and oxygen atoms in total. The molecule has 1 aromatic heterocycles. The number of hydrogen-bond donors (Lipinski definition) is 2. The predicted octanol–water partition coefficient (Wildman–Crippen LogP) is 3.85. The van der Waals surface area contributed by atoms with Crippen LogP contribution in [0.4, 0.5) is 4.79 Å². The van der Waals surface area contributed by atoms with Crippen molar-refractivity contribution in [2.24, 2.45) is 0 Å². The summed E-state index contributed by atoms with van der Waals surface area (Å²) in [7, 11) is 0. The van der Waals surface area contributed by atoms with Crippen LogP contribution in [0.5, 0.6) is 0 Å². The van der Waals surface area contributed by atoms with Gasteiger partial charge in [-0.3, -0.25) is 0 Å². The van der Waals surface area contributed by atoms with Crippen LogP contribution in [0.1, 0.15) is 28.9 Å². The molecule has 2 aromatic carbocycles. The second kappa shape index (κ2) is 7.06. The first-order valence-corrected chi connectivity index (χ1v) is 8.54. The number of alkyl carbamates (subject to hydrolysis) is 1. The summed E-state index contributed by atoms with van der Waals surface area (Å²) in [6, 6.07) is 19.7. The standard InChI is InChI=1S/C21H19NO4/c23-19(20-10-5-11-25-20)12-22-21(24)26-13-18-16-8-3-1-6-14(16)15-7-2-4-9-17(15)18/h1-11,18-19,23H,12-13H2,(H,22,24). The number of fused-ring (bicyclic) bond motifs is 3. The highest BCUT2D eigenvalue weighted by Crippen LogP contribution is 2.44. The minimum absolute atomic E-state index is 0.0168. The summed E-state index contributed by atoms with van der Waals surface area (Å²) >= 11 is 0. The van der Waals surface area contributed by atoms with Gasteiger partial charge in [0.25, 0.3) is 0 Å². The monoisotopic (exact) mass is 349 g/mol. The molecule has 1 heterocycles. The lowest BCUT2D eigenvalue weighted by Crippen LogP contribution is -2.30. The van der Waals surface area contributed by atoms with Crippen LogP contribution in [0, 0.1) is 0 Å². The van der Waals surface area contributed by atoms with Gasteiger partial charge in [-0.1, -0.05) is 48.5 Å². The Balaban J connectivity index is 1.39. The van der Waals surface area contributed by atoms with Gasteiger partial charge in [0.05, 0.1) is 12.8 Å². The summed E-state index contributed by atoms with van der Waals surface area (Å²) in [6.45, 7) is 0.279. The lowest BCUT2D eigenvalue weighted by Gasteiger charge is -2.15. The average Bonchev–Trinajstić information content (AvgIpc) is 3.31. The molecule has 26 heavy (non-hydrogen) atoms. The average molecular weight is 349 g/mol. The number of amides is 1. The Hall–Kier alpha value is -3.05. The number of ether oxygens (including phenoxy) is 1. The molecule has 0 bridgehead atoms. The first-order chi connectivity index (χ1) is 12.7. The van der Waals surface area contributed by atoms with E-state index in [1.165, 1.54) is 17.4 Å². The fourth-order valence-corrected chi connectivity index (χ4v) is 3.41. The van der Waals surface area contributed by atoms with E-state index < -0.39 is 12.2 Å². The van der Waals surface area contributed by atoms with Crippen LogP contribution < -0.4 is 5.32 Å². The van der Waals surface area contributed by atoms with Gasteiger partial charge in [0, 0.05) is 5.92 Å². The molecule has 0 spiro atoms. The molecule has 4 rings (SSSR count). The fraction of sp³-hybridized carbons (Fsp3) is 0.190. The lowest BCUT2D eigenvalue weighted by atomic mass is 9.98. The third-order valence-electron chi connectivity index (χ3n) is 4.66. The van der Waals surface area contributed by atoms with Crippen molar-refractivity contribution in [3.63, 3.8) is 0 Å². The molecule has 1 amide bonds. The Morgan fingerprint density at radius 2 is 1.69 bits per heavy atom. The molecule has 0 saturated heterocycles. The van der Waals surface area contributed by atoms with E-state index in [0.717, 1.165) is 11.1 Å². The summed E-state index contributed by atoms with van der Waals surface area (Å²) in [5.41, 5.74) is 4.70. The molecule has 0 fully saturated rings. The maximum absolute atomic E-state index is 12.0. The zero-order chi connectivity index (χ0) is 17.9. The van der Waals surface area contributed by atoms with Gasteiger partial charge < -0.3 is 19.6 Å². The SMILES string of the molecule is O=C(NCC(O)c1ccco1)OCC1c2ccccc2-c2ccccc21. The minimum Gasteiger partial charge on any atom is -0.467 e. The first kappa shape index (κ1) is 16.4. The number of benzene rings is 2. The summed E-state index contributed by atoms with van der Waals surface area (Å²) < 4.78 is 10.5. The van der Waals surface area contributed by atoms with E-state index in [4.69, 9.17) is 9.15 Å². The number of aliphatic hydroxyl groups excluding tert-OH is 1. The fourth-order valence-electron chi connectivity index (χ4n) is 3.41. The molecule has 1 atom stereocenters. The Labute approximate surface area is 151 Å². The van der Waals surface area contributed by atoms with E-state index in [-0.39, 0.29) is 19.1 Å². The zero-order valence-electron chi connectivity index (χ0n) is 14.1. The molecule has 5 heteroatoms. The van der Waals surface area contributed by atoms with E-state index in [1.807, 2.05) is 24.3 Å². The summed E-state index contributed by atoms with van der Waals surface area (Å²) in [5.74, 6) is 0.423. The molecule has 1 aliphatic rings. The van der Waals surface area contributed by atoms with Crippen LogP contribution in [0.25, 0.3) is 11.1 Å². The Bertz CT molecular complexity index is 858. The molecule has 0 radical (unpaired) electrons. The van der Waals surface area contributed by atoms with Crippen LogP contribution in [0.3, 0.4) is 0 Å². The van der Waals surface area contributed by atoms with Gasteiger partial charge in [0.1, 0.15) is 18.5 Å². The van der Waals surface area contributed by atoms with Gasteiger partial charge in [-0.25, -0.2) is 4.79 Å². The molecule has 3 aromatic rings. The second-order valence-electron chi connectivity index (χ2n) is 6.24. The van der Waals surface area contributed by atoms with Crippen molar-refractivity contribution in [2.45, 2.75) is 12.0 Å². The normalized spacial score (nSPS) is 13.7. The number of aliphatic hydroxyl groups is 1. The summed E-state index contributed by atoms with van der Waals surface area (Å²) in [5, 5.41) is 12.5. The molecular weight excluding hydrogens is 330 g/mol. The van der Waals surface area contributed by atoms with Gasteiger partial charge in [-0.15, -0.1) is 0 Å². The van der Waals surface area contributed by atoms with Crippen molar-refractivity contribution >= 4 is 6.09 Å². The third kappa shape index (κ3) is 3.09. The van der Waals surface area contributed by atoms with Gasteiger partial charge >= 0.3 is 6.09 Å². The molecule has 1 aliphatic carbocycles. The summed E-state index contributed by atoms with van der Waals surface area (Å²) in [4.78, 5) is 12.0. The molecule has 0 saturated carbocycles. The van der Waals surface area contributed by atoms with Gasteiger partial charge in [-0.2, -0.15) is 0 Å². The van der Waals surface area contributed by atoms with Crippen molar-refractivity contribution in [1.29, 1.82) is 0 Å². The predicted molar refractivity (Wildman–Crippen MR) is 96.7 cm³/mol. The van der Waals surface area contributed by atoms with Crippen molar-refractivity contribution in [3.8, 4) is 11.1 Å². The Kier molecular flexibility index (Phi) is 4.46. The molecule has 1 unspecified atom stereocenters. The minimum atomic E-state index is -0.898. The van der Waals surface area contributed by atoms with Crippen LogP contribution in [0.2, 0.25) is 0 Å². The van der Waals surface area contributed by atoms with Gasteiger partial charge in [0.15, 0.2) is 0 Å². The second-order valence-corrected chi connectivity index (χ2v) is 6.24. The number of furan rings is 1. The number of carbonyl (C=O) groups is 1. The van der Waals surface area contributed by atoms with Crippen molar-refractivity contribution < 1.29 is 19.1 Å². The molecular formula is C21H19NO4. The molecule has 2 N–H and O–H groups in total. The summed E-state index contributed by atoms with van der Waals surface area (Å²) in [6.07, 6.45) is 0.0224. The topological polar surface area (TPSA) is 71.7 Å². The van der Waals surface area contributed by atoms with E-state index in [0.29, 0.717) is 5.76 Å². The van der Waals surface area contributed by atoms with Gasteiger partial charge in [-0.05, 0) is 34.4 Å². The highest BCUT2D eigenvalue weighted by Gasteiger charge is 2.29. The quantitative estimate of drug-likeness (QED) is 0.734. The highest BCUT2D eigenvalue weighted by molar-refractivity contribution is 5.79. The zero-order valence-corrected chi connectivity index (χ0v) is 14.1. The molecule has 0 aliphatic heterocycles. The van der Waals surface area contributed by atoms with Crippen molar-refractivity contribution in [3.05, 3.63) is 83.8 Å². The van der Waals surface area contributed by atoms with Crippen molar-refractivity contribution in [2.75, 3.05) is 13.2 Å². The number of hydrogen-bond acceptors (Lipinski definition) is 4. The largest absolute Gasteiger partial charge is 0.467 e. The third-order valence-corrected chi connectivity index (χ3v) is 4.66. The van der Waals surface area contributed by atoms with Gasteiger partial charge in [0.2, 0.25) is 0 Å². The highest BCUT2D eigenvalue weighted by atomic mass is 16.5. The Morgan fingerprint density at radius 3 is 2.31 bits per heavy atom. The lowest BCUT2D eigenvalue weighted by molar-refractivity contribution is 0.120. The van der Waals surface area contributed by atoms with Crippen LogP contribution in [-0.2, 0) is 4.74 Å². The van der Waals surface area contributed by atoms with E-state index in [1.54, 1.807) is 12.1 Å². The van der Waals surface area contributed by atoms with Crippen LogP contribution in [-0.4, -0.2) is 24.4 Å². The van der Waals surface area contributed by atoms with E-state index in [2.05, 4.69) is 29.6 Å². The van der Waals surface area contributed by atoms with E-state index >= 15 is 0 Å². The first-order valence-electron chi connectivity index (χ1n) is 8.54. The smallest absolute Gasteiger partial charge is 0.407 e. The number of carbonyl (C=O) groups excluding carboxylic acids is 1. The van der Waals surface area contributed by atoms with Crippen molar-refractivity contribution in [1.82, 2.24) is 5.32 Å².